The van der Waals surface area contributed by atoms with Crippen molar-refractivity contribution < 1.29 is 14.4 Å². The fourth-order valence-corrected chi connectivity index (χ4v) is 4.31. The van der Waals surface area contributed by atoms with Gasteiger partial charge in [0.1, 0.15) is 4.88 Å². The molecule has 8 heteroatoms. The van der Waals surface area contributed by atoms with E-state index in [9.17, 15) is 14.4 Å². The second kappa shape index (κ2) is 8.00. The van der Waals surface area contributed by atoms with E-state index in [1.807, 2.05) is 13.0 Å². The predicted octanol–water partition coefficient (Wildman–Crippen LogP) is 3.82. The number of hydrogen-bond donors (Lipinski definition) is 4. The average molecular weight is 420 g/mol. The van der Waals surface area contributed by atoms with E-state index in [0.717, 1.165) is 15.8 Å². The Balaban J connectivity index is 1.65. The predicted molar refractivity (Wildman–Crippen MR) is 120 cm³/mol. The fraction of sp³-hybridized carbons (Fsp3) is 0.136. The monoisotopic (exact) mass is 420 g/mol. The molecule has 0 spiro atoms. The van der Waals surface area contributed by atoms with Crippen LogP contribution in [0, 0.1) is 0 Å². The molecule has 0 saturated heterocycles. The van der Waals surface area contributed by atoms with Gasteiger partial charge in [-0.15, -0.1) is 11.3 Å². The number of hydrogen-bond acceptors (Lipinski definition) is 5. The molecular formula is C22H20N4O3S. The molecule has 3 aromatic rings. The van der Waals surface area contributed by atoms with E-state index in [4.69, 9.17) is 0 Å². The highest BCUT2D eigenvalue weighted by Crippen LogP contribution is 2.37. The van der Waals surface area contributed by atoms with Gasteiger partial charge in [0.15, 0.2) is 0 Å². The van der Waals surface area contributed by atoms with E-state index in [1.54, 1.807) is 36.4 Å². The average Bonchev–Trinajstić information content (AvgIpc) is 3.04. The molecule has 0 saturated carbocycles. The lowest BCUT2D eigenvalue weighted by molar-refractivity contribution is -0.111. The van der Waals surface area contributed by atoms with Gasteiger partial charge in [0.2, 0.25) is 5.91 Å². The number of fused-ring (bicyclic) bond motifs is 3. The molecule has 2 heterocycles. The summed E-state index contributed by atoms with van der Waals surface area (Å²) in [5, 5.41) is 12.6. The molecule has 1 aromatic heterocycles. The van der Waals surface area contributed by atoms with Gasteiger partial charge in [0, 0.05) is 28.2 Å². The van der Waals surface area contributed by atoms with Crippen molar-refractivity contribution in [3.05, 3.63) is 65.6 Å². The molecule has 0 aliphatic carbocycles. The molecule has 0 unspecified atom stereocenters. The highest BCUT2D eigenvalue weighted by Gasteiger charge is 2.24. The van der Waals surface area contributed by atoms with Gasteiger partial charge < -0.3 is 21.3 Å². The molecule has 0 fully saturated rings. The first-order valence-electron chi connectivity index (χ1n) is 9.41. The third kappa shape index (κ3) is 3.77. The molecule has 3 amide bonds. The van der Waals surface area contributed by atoms with Gasteiger partial charge in [-0.25, -0.2) is 0 Å². The molecule has 2 aromatic carbocycles. The first-order valence-corrected chi connectivity index (χ1v) is 10.2. The number of rotatable bonds is 4. The number of carbonyl (C=O) groups excluding carboxylic acids is 3. The first kappa shape index (κ1) is 19.7. The quantitative estimate of drug-likeness (QED) is 0.482. The maximum absolute atomic E-state index is 12.9. The van der Waals surface area contributed by atoms with Gasteiger partial charge in [0.05, 0.1) is 17.1 Å². The van der Waals surface area contributed by atoms with E-state index in [2.05, 4.69) is 27.8 Å². The molecule has 0 radical (unpaired) electrons. The molecule has 1 atom stereocenters. The van der Waals surface area contributed by atoms with Crippen LogP contribution in [0.3, 0.4) is 0 Å². The van der Waals surface area contributed by atoms with E-state index < -0.39 is 0 Å². The molecular weight excluding hydrogens is 400 g/mol. The van der Waals surface area contributed by atoms with Crippen molar-refractivity contribution in [2.45, 2.75) is 13.0 Å². The lowest BCUT2D eigenvalue weighted by Crippen LogP contribution is -2.34. The Hall–Kier alpha value is -3.65. The normalized spacial score (nSPS) is 15.4. The Morgan fingerprint density at radius 3 is 2.63 bits per heavy atom. The van der Waals surface area contributed by atoms with Gasteiger partial charge in [0.25, 0.3) is 11.8 Å². The topological polar surface area (TPSA) is 99.3 Å². The Labute approximate surface area is 177 Å². The summed E-state index contributed by atoms with van der Waals surface area (Å²) in [7, 11) is 0. The SMILES string of the molecule is C=CC(=O)Nc1ccccc1NC(=O)c1ccc2sc3c(c2c1)NC[C@@H](C)NC3=O. The van der Waals surface area contributed by atoms with Gasteiger partial charge >= 0.3 is 0 Å². The lowest BCUT2D eigenvalue weighted by Gasteiger charge is -2.12. The largest absolute Gasteiger partial charge is 0.381 e. The van der Waals surface area contributed by atoms with Gasteiger partial charge in [-0.2, -0.15) is 0 Å². The number of benzene rings is 2. The van der Waals surface area contributed by atoms with E-state index in [1.165, 1.54) is 17.4 Å². The maximum atomic E-state index is 12.9. The summed E-state index contributed by atoms with van der Waals surface area (Å²) in [6, 6.07) is 12.3. The summed E-state index contributed by atoms with van der Waals surface area (Å²) in [5.41, 5.74) is 2.17. The highest BCUT2D eigenvalue weighted by atomic mass is 32.1. The van der Waals surface area contributed by atoms with Crippen molar-refractivity contribution in [3.8, 4) is 0 Å². The second-order valence-corrected chi connectivity index (χ2v) is 8.02. The Kier molecular flexibility index (Phi) is 5.24. The second-order valence-electron chi connectivity index (χ2n) is 6.97. The minimum atomic E-state index is -0.363. The van der Waals surface area contributed by atoms with Crippen LogP contribution in [0.2, 0.25) is 0 Å². The standard InChI is InChI=1S/C22H20N4O3S/c1-3-18(27)25-15-6-4-5-7-16(15)26-21(28)13-8-9-17-14(10-13)19-20(30-17)22(29)24-12(2)11-23-19/h3-10,12,23H,1,11H2,2H3,(H,24,29)(H,25,27)(H,26,28)/t12-/m1/s1. The third-order valence-electron chi connectivity index (χ3n) is 4.74. The maximum Gasteiger partial charge on any atom is 0.263 e. The number of anilines is 3. The highest BCUT2D eigenvalue weighted by molar-refractivity contribution is 7.21. The zero-order chi connectivity index (χ0) is 21.3. The number of amides is 3. The summed E-state index contributed by atoms with van der Waals surface area (Å²) in [6.07, 6.45) is 1.17. The summed E-state index contributed by atoms with van der Waals surface area (Å²) in [6.45, 7) is 5.98. The Bertz CT molecular complexity index is 1180. The van der Waals surface area contributed by atoms with Crippen molar-refractivity contribution in [1.29, 1.82) is 0 Å². The van der Waals surface area contributed by atoms with Crippen molar-refractivity contribution in [3.63, 3.8) is 0 Å². The Morgan fingerprint density at radius 2 is 1.90 bits per heavy atom. The van der Waals surface area contributed by atoms with Crippen LogP contribution in [0.5, 0.6) is 0 Å². The molecule has 4 N–H and O–H groups in total. The summed E-state index contributed by atoms with van der Waals surface area (Å²) in [4.78, 5) is 37.6. The zero-order valence-corrected chi connectivity index (χ0v) is 17.1. The van der Waals surface area contributed by atoms with E-state index >= 15 is 0 Å². The van der Waals surface area contributed by atoms with Crippen LogP contribution in [0.4, 0.5) is 17.1 Å². The molecule has 1 aliphatic heterocycles. The van der Waals surface area contributed by atoms with Crippen molar-refractivity contribution in [2.75, 3.05) is 22.5 Å². The molecule has 4 rings (SSSR count). The van der Waals surface area contributed by atoms with Crippen molar-refractivity contribution in [1.82, 2.24) is 5.32 Å². The fourth-order valence-electron chi connectivity index (χ4n) is 3.25. The molecule has 1 aliphatic rings. The minimum absolute atomic E-state index is 0.0147. The summed E-state index contributed by atoms with van der Waals surface area (Å²) >= 11 is 1.40. The van der Waals surface area contributed by atoms with Gasteiger partial charge in [-0.1, -0.05) is 18.7 Å². The number of nitrogens with one attached hydrogen (secondary N) is 4. The zero-order valence-electron chi connectivity index (χ0n) is 16.2. The van der Waals surface area contributed by atoms with E-state index in [0.29, 0.717) is 28.4 Å². The number of para-hydroxylation sites is 2. The third-order valence-corrected chi connectivity index (χ3v) is 5.91. The van der Waals surface area contributed by atoms with Crippen molar-refractivity contribution in [2.24, 2.45) is 0 Å². The molecule has 7 nitrogen and oxygen atoms in total. The van der Waals surface area contributed by atoms with Crippen LogP contribution >= 0.6 is 11.3 Å². The van der Waals surface area contributed by atoms with Crippen LogP contribution in [-0.4, -0.2) is 30.3 Å². The summed E-state index contributed by atoms with van der Waals surface area (Å²) < 4.78 is 0.924. The van der Waals surface area contributed by atoms with Crippen molar-refractivity contribution >= 4 is 56.2 Å². The number of carbonyl (C=O) groups is 3. The lowest BCUT2D eigenvalue weighted by atomic mass is 10.1. The Morgan fingerprint density at radius 1 is 1.17 bits per heavy atom. The molecule has 0 bridgehead atoms. The summed E-state index contributed by atoms with van der Waals surface area (Å²) in [5.74, 6) is -0.789. The van der Waals surface area contributed by atoms with Crippen LogP contribution in [0.15, 0.2) is 55.1 Å². The smallest absolute Gasteiger partial charge is 0.263 e. The van der Waals surface area contributed by atoms with Crippen LogP contribution in [-0.2, 0) is 4.79 Å². The van der Waals surface area contributed by atoms with Gasteiger partial charge in [-0.3, -0.25) is 14.4 Å². The van der Waals surface area contributed by atoms with E-state index in [-0.39, 0.29) is 23.8 Å². The molecule has 30 heavy (non-hydrogen) atoms. The number of thiophene rings is 1. The first-order chi connectivity index (χ1) is 14.5. The molecule has 152 valence electrons. The van der Waals surface area contributed by atoms with Gasteiger partial charge in [-0.05, 0) is 43.3 Å². The van der Waals surface area contributed by atoms with Crippen LogP contribution < -0.4 is 21.3 Å². The minimum Gasteiger partial charge on any atom is -0.381 e. The van der Waals surface area contributed by atoms with Crippen LogP contribution in [0.25, 0.3) is 10.1 Å². The van der Waals surface area contributed by atoms with Crippen LogP contribution in [0.1, 0.15) is 27.0 Å².